The molecule has 0 aliphatic heterocycles. The highest BCUT2D eigenvalue weighted by Crippen LogP contribution is 2.06. The van der Waals surface area contributed by atoms with Crippen LogP contribution < -0.4 is 0 Å². The molecule has 1 rings (SSSR count). The van der Waals surface area contributed by atoms with Crippen molar-refractivity contribution >= 4 is 0 Å². The van der Waals surface area contributed by atoms with E-state index in [0.717, 1.165) is 0 Å². The number of nitrogens with zero attached hydrogens (tertiary/aromatic N) is 4. The number of aromatic nitrogens is 4. The molecule has 12 heavy (non-hydrogen) atoms. The molecule has 1 aromatic heterocycles. The summed E-state index contributed by atoms with van der Waals surface area (Å²) in [6, 6.07) is 0. The van der Waals surface area contributed by atoms with Crippen LogP contribution in [0, 0.1) is 5.92 Å². The van der Waals surface area contributed by atoms with Crippen LogP contribution in [0.15, 0.2) is 0 Å². The number of aliphatic hydroxyl groups excluding tert-OH is 1. The molecule has 68 valence electrons. The molecular weight excluding hydrogens is 156 g/mol. The van der Waals surface area contributed by atoms with Crippen LogP contribution in [0.1, 0.15) is 19.7 Å². The van der Waals surface area contributed by atoms with E-state index >= 15 is 0 Å². The van der Waals surface area contributed by atoms with E-state index in [0.29, 0.717) is 12.2 Å². The normalized spacial score (nSPS) is 16.0. The lowest BCUT2D eigenvalue weighted by Gasteiger charge is -2.10. The SMILES string of the molecule is CC(O)C(C)Cc1nnn(C)n1. The van der Waals surface area contributed by atoms with E-state index in [2.05, 4.69) is 15.4 Å². The molecule has 0 aromatic carbocycles. The fourth-order valence-electron chi connectivity index (χ4n) is 0.864. The molecule has 0 spiro atoms. The Morgan fingerprint density at radius 1 is 1.50 bits per heavy atom. The van der Waals surface area contributed by atoms with E-state index in [1.165, 1.54) is 4.80 Å². The van der Waals surface area contributed by atoms with Gasteiger partial charge in [0.15, 0.2) is 5.82 Å². The lowest BCUT2D eigenvalue weighted by atomic mass is 10.0. The Balaban J connectivity index is 2.52. The molecule has 5 nitrogen and oxygen atoms in total. The first-order valence-corrected chi connectivity index (χ1v) is 4.00. The van der Waals surface area contributed by atoms with Crippen molar-refractivity contribution in [2.45, 2.75) is 26.4 Å². The molecule has 2 atom stereocenters. The number of hydrogen-bond acceptors (Lipinski definition) is 4. The van der Waals surface area contributed by atoms with Crippen LogP contribution >= 0.6 is 0 Å². The Kier molecular flexibility index (Phi) is 2.75. The number of tetrazole rings is 1. The zero-order valence-corrected chi connectivity index (χ0v) is 7.60. The van der Waals surface area contributed by atoms with Crippen LogP contribution in [0.25, 0.3) is 0 Å². The van der Waals surface area contributed by atoms with Crippen molar-refractivity contribution < 1.29 is 5.11 Å². The van der Waals surface area contributed by atoms with E-state index in [4.69, 9.17) is 0 Å². The standard InChI is InChI=1S/C7H14N4O/c1-5(6(2)12)4-7-8-10-11(3)9-7/h5-6,12H,4H2,1-3H3. The zero-order chi connectivity index (χ0) is 9.14. The second kappa shape index (κ2) is 3.62. The van der Waals surface area contributed by atoms with Crippen molar-refractivity contribution in [1.82, 2.24) is 20.2 Å². The van der Waals surface area contributed by atoms with Gasteiger partial charge in [0.2, 0.25) is 0 Å². The minimum absolute atomic E-state index is 0.175. The van der Waals surface area contributed by atoms with Gasteiger partial charge in [0.1, 0.15) is 0 Å². The molecule has 1 N–H and O–H groups in total. The summed E-state index contributed by atoms with van der Waals surface area (Å²) in [5.74, 6) is 0.861. The average Bonchev–Trinajstić information content (AvgIpc) is 2.35. The molecule has 0 aliphatic rings. The first-order valence-electron chi connectivity index (χ1n) is 4.00. The summed E-state index contributed by atoms with van der Waals surface area (Å²) in [4.78, 5) is 1.42. The molecule has 0 saturated heterocycles. The van der Waals surface area contributed by atoms with Gasteiger partial charge in [-0.2, -0.15) is 4.80 Å². The topological polar surface area (TPSA) is 63.8 Å². The van der Waals surface area contributed by atoms with Crippen molar-refractivity contribution in [3.63, 3.8) is 0 Å². The van der Waals surface area contributed by atoms with Gasteiger partial charge < -0.3 is 5.11 Å². The predicted octanol–water partition coefficient (Wildman–Crippen LogP) is -0.231. The van der Waals surface area contributed by atoms with Gasteiger partial charge in [-0.1, -0.05) is 6.92 Å². The average molecular weight is 170 g/mol. The molecule has 0 bridgehead atoms. The smallest absolute Gasteiger partial charge is 0.175 e. The van der Waals surface area contributed by atoms with Gasteiger partial charge in [-0.15, -0.1) is 10.2 Å². The van der Waals surface area contributed by atoms with Crippen molar-refractivity contribution in [2.75, 3.05) is 0 Å². The molecule has 0 amide bonds. The van der Waals surface area contributed by atoms with Crippen molar-refractivity contribution in [3.05, 3.63) is 5.82 Å². The van der Waals surface area contributed by atoms with Gasteiger partial charge in [0, 0.05) is 6.42 Å². The summed E-state index contributed by atoms with van der Waals surface area (Å²) in [5, 5.41) is 20.8. The van der Waals surface area contributed by atoms with Crippen LogP contribution in [-0.2, 0) is 13.5 Å². The molecule has 2 unspecified atom stereocenters. The summed E-state index contributed by atoms with van der Waals surface area (Å²) in [6.07, 6.45) is 0.347. The van der Waals surface area contributed by atoms with E-state index < -0.39 is 0 Å². The molecule has 5 heteroatoms. The van der Waals surface area contributed by atoms with Gasteiger partial charge >= 0.3 is 0 Å². The summed E-state index contributed by atoms with van der Waals surface area (Å²) in [7, 11) is 1.73. The third kappa shape index (κ3) is 2.27. The second-order valence-electron chi connectivity index (χ2n) is 3.12. The van der Waals surface area contributed by atoms with Crippen LogP contribution in [0.5, 0.6) is 0 Å². The lowest BCUT2D eigenvalue weighted by molar-refractivity contribution is 0.134. The maximum Gasteiger partial charge on any atom is 0.175 e. The monoisotopic (exact) mass is 170 g/mol. The third-order valence-corrected chi connectivity index (χ3v) is 1.88. The van der Waals surface area contributed by atoms with E-state index in [1.54, 1.807) is 14.0 Å². The predicted molar refractivity (Wildman–Crippen MR) is 43.3 cm³/mol. The van der Waals surface area contributed by atoms with Crippen molar-refractivity contribution in [1.29, 1.82) is 0 Å². The van der Waals surface area contributed by atoms with Crippen molar-refractivity contribution in [2.24, 2.45) is 13.0 Å². The molecule has 0 saturated carbocycles. The quantitative estimate of drug-likeness (QED) is 0.680. The van der Waals surface area contributed by atoms with Gasteiger partial charge in [-0.25, -0.2) is 0 Å². The minimum atomic E-state index is -0.325. The van der Waals surface area contributed by atoms with Crippen LogP contribution in [0.2, 0.25) is 0 Å². The van der Waals surface area contributed by atoms with Gasteiger partial charge in [0.05, 0.1) is 13.2 Å². The van der Waals surface area contributed by atoms with Gasteiger partial charge in [0.25, 0.3) is 0 Å². The van der Waals surface area contributed by atoms with Crippen LogP contribution in [-0.4, -0.2) is 31.4 Å². The van der Waals surface area contributed by atoms with E-state index in [-0.39, 0.29) is 12.0 Å². The van der Waals surface area contributed by atoms with E-state index in [1.807, 2.05) is 6.92 Å². The molecule has 0 aliphatic carbocycles. The Hall–Kier alpha value is -0.970. The number of aliphatic hydroxyl groups is 1. The highest BCUT2D eigenvalue weighted by molar-refractivity contribution is 4.80. The summed E-state index contributed by atoms with van der Waals surface area (Å²) in [5.41, 5.74) is 0. The maximum atomic E-state index is 9.21. The largest absolute Gasteiger partial charge is 0.393 e. The zero-order valence-electron chi connectivity index (χ0n) is 7.60. The van der Waals surface area contributed by atoms with Crippen molar-refractivity contribution in [3.8, 4) is 0 Å². The Labute approximate surface area is 71.4 Å². The fraction of sp³-hybridized carbons (Fsp3) is 0.857. The molecular formula is C7H14N4O. The van der Waals surface area contributed by atoms with Gasteiger partial charge in [-0.05, 0) is 18.1 Å². The Bertz CT molecular complexity index is 245. The second-order valence-corrected chi connectivity index (χ2v) is 3.12. The highest BCUT2D eigenvalue weighted by atomic mass is 16.3. The van der Waals surface area contributed by atoms with E-state index in [9.17, 15) is 5.11 Å². The maximum absolute atomic E-state index is 9.21. The van der Waals surface area contributed by atoms with Crippen LogP contribution in [0.4, 0.5) is 0 Å². The summed E-state index contributed by atoms with van der Waals surface area (Å²) >= 11 is 0. The minimum Gasteiger partial charge on any atom is -0.393 e. The van der Waals surface area contributed by atoms with Gasteiger partial charge in [-0.3, -0.25) is 0 Å². The highest BCUT2D eigenvalue weighted by Gasteiger charge is 2.12. The number of rotatable bonds is 3. The molecule has 1 aromatic rings. The number of aryl methyl sites for hydroxylation is 1. The Morgan fingerprint density at radius 3 is 2.58 bits per heavy atom. The molecule has 0 radical (unpaired) electrons. The van der Waals surface area contributed by atoms with Crippen LogP contribution in [0.3, 0.4) is 0 Å². The first kappa shape index (κ1) is 9.12. The summed E-state index contributed by atoms with van der Waals surface area (Å²) in [6.45, 7) is 3.72. The fourth-order valence-corrected chi connectivity index (χ4v) is 0.864. The Morgan fingerprint density at radius 2 is 2.17 bits per heavy atom. The molecule has 0 fully saturated rings. The first-order chi connectivity index (χ1) is 5.59. The molecule has 1 heterocycles. The lowest BCUT2D eigenvalue weighted by Crippen LogP contribution is -2.16. The number of hydrogen-bond donors (Lipinski definition) is 1. The third-order valence-electron chi connectivity index (χ3n) is 1.88. The summed E-state index contributed by atoms with van der Waals surface area (Å²) < 4.78 is 0.